The van der Waals surface area contributed by atoms with Crippen LogP contribution in [-0.4, -0.2) is 77.1 Å². The molecule has 1 atom stereocenters. The normalized spacial score (nSPS) is 24.1. The molecule has 0 bridgehead atoms. The molecule has 2 aromatic rings. The van der Waals surface area contributed by atoms with Gasteiger partial charge in [-0.2, -0.15) is 4.98 Å². The molecule has 5 heterocycles. The van der Waals surface area contributed by atoms with E-state index in [1.54, 1.807) is 0 Å². The van der Waals surface area contributed by atoms with E-state index in [-0.39, 0.29) is 17.5 Å². The number of fused-ring (bicyclic) bond motifs is 4. The molecule has 178 valence electrons. The highest BCUT2D eigenvalue weighted by molar-refractivity contribution is 5.93. The molecule has 1 spiro atoms. The highest BCUT2D eigenvalue weighted by atomic mass is 16.2. The van der Waals surface area contributed by atoms with Crippen molar-refractivity contribution in [1.82, 2.24) is 25.2 Å². The second kappa shape index (κ2) is 8.23. The summed E-state index contributed by atoms with van der Waals surface area (Å²) in [6.07, 6.45) is 8.86. The minimum Gasteiger partial charge on any atom is -0.368 e. The van der Waals surface area contributed by atoms with Crippen LogP contribution in [0.25, 0.3) is 5.57 Å². The second-order valence-corrected chi connectivity index (χ2v) is 10.1. The van der Waals surface area contributed by atoms with Crippen LogP contribution in [0.1, 0.15) is 37.7 Å². The smallest absolute Gasteiger partial charge is 0.243 e. The number of carbonyl (C=O) groups is 1. The van der Waals surface area contributed by atoms with Crippen LogP contribution in [-0.2, 0) is 4.79 Å². The Balaban J connectivity index is 1.27. The predicted molar refractivity (Wildman–Crippen MR) is 133 cm³/mol. The Morgan fingerprint density at radius 2 is 1.91 bits per heavy atom. The first-order valence-electron chi connectivity index (χ1n) is 12.3. The molecule has 34 heavy (non-hydrogen) atoms. The molecule has 1 aliphatic carbocycles. The summed E-state index contributed by atoms with van der Waals surface area (Å²) in [6.45, 7) is 9.06. The van der Waals surface area contributed by atoms with E-state index < -0.39 is 0 Å². The van der Waals surface area contributed by atoms with Crippen LogP contribution in [0.2, 0.25) is 0 Å². The monoisotopic (exact) mass is 460 g/mol. The van der Waals surface area contributed by atoms with Crippen LogP contribution >= 0.6 is 0 Å². The Labute approximate surface area is 200 Å². The summed E-state index contributed by atoms with van der Waals surface area (Å²) in [5.41, 5.74) is 2.93. The average molecular weight is 461 g/mol. The van der Waals surface area contributed by atoms with Crippen molar-refractivity contribution in [3.8, 4) is 0 Å². The number of anilines is 4. The van der Waals surface area contributed by atoms with E-state index in [1.807, 2.05) is 18.5 Å². The van der Waals surface area contributed by atoms with Gasteiger partial charge in [-0.05, 0) is 37.6 Å². The molecule has 2 aromatic heterocycles. The Morgan fingerprint density at radius 3 is 2.65 bits per heavy atom. The summed E-state index contributed by atoms with van der Waals surface area (Å²) >= 11 is 0. The Bertz CT molecular complexity index is 1100. The molecule has 1 unspecified atom stereocenters. The van der Waals surface area contributed by atoms with Gasteiger partial charge in [0.05, 0.1) is 17.4 Å². The lowest BCUT2D eigenvalue weighted by molar-refractivity contribution is -0.124. The molecule has 0 aromatic carbocycles. The van der Waals surface area contributed by atoms with Crippen molar-refractivity contribution in [3.63, 3.8) is 0 Å². The van der Waals surface area contributed by atoms with Crippen molar-refractivity contribution in [2.24, 2.45) is 0 Å². The molecule has 4 aliphatic rings. The lowest BCUT2D eigenvalue weighted by atomic mass is 9.83. The van der Waals surface area contributed by atoms with Gasteiger partial charge in [-0.15, -0.1) is 0 Å². The van der Waals surface area contributed by atoms with E-state index in [0.717, 1.165) is 61.7 Å². The fourth-order valence-corrected chi connectivity index (χ4v) is 5.95. The van der Waals surface area contributed by atoms with E-state index in [2.05, 4.69) is 55.0 Å². The van der Waals surface area contributed by atoms with Crippen LogP contribution < -0.4 is 20.4 Å². The molecular weight excluding hydrogens is 428 g/mol. The lowest BCUT2D eigenvalue weighted by Gasteiger charge is -2.52. The van der Waals surface area contributed by atoms with E-state index in [9.17, 15) is 4.79 Å². The summed E-state index contributed by atoms with van der Waals surface area (Å²) in [4.78, 5) is 33.9. The predicted octanol–water partition coefficient (Wildman–Crippen LogP) is 2.40. The van der Waals surface area contributed by atoms with Gasteiger partial charge in [0.2, 0.25) is 11.9 Å². The molecule has 0 radical (unpaired) electrons. The number of pyridine rings is 1. The maximum atomic E-state index is 12.8. The van der Waals surface area contributed by atoms with E-state index >= 15 is 0 Å². The van der Waals surface area contributed by atoms with E-state index in [1.165, 1.54) is 12.8 Å². The third-order valence-electron chi connectivity index (χ3n) is 7.92. The number of amides is 1. The van der Waals surface area contributed by atoms with Crippen molar-refractivity contribution in [3.05, 3.63) is 36.7 Å². The SMILES string of the molecule is C=C1CC2C(=O)NCC3(CCCC3)N2c2nc(Nc3ccc(N4CCN(C)CC4)cn3)ncc21. The number of rotatable bonds is 3. The molecular formula is C25H32N8O. The molecule has 9 heteroatoms. The maximum Gasteiger partial charge on any atom is 0.243 e. The standard InChI is InChI=1S/C25H32N8O/c1-17-13-20-23(34)28-16-25(7-3-4-8-25)33(20)22-19(17)15-27-24(30-22)29-21-6-5-18(14-26-21)32-11-9-31(2)10-12-32/h5-6,14-15,20H,1,3-4,7-13,16H2,2H3,(H,28,34)(H,26,27,29,30). The number of likely N-dealkylation sites (N-methyl/N-ethyl adjacent to an activating group) is 1. The van der Waals surface area contributed by atoms with Gasteiger partial charge in [-0.1, -0.05) is 19.4 Å². The number of aromatic nitrogens is 3. The van der Waals surface area contributed by atoms with Gasteiger partial charge in [-0.3, -0.25) is 4.79 Å². The van der Waals surface area contributed by atoms with Crippen molar-refractivity contribution >= 4 is 34.8 Å². The minimum atomic E-state index is -0.254. The highest BCUT2D eigenvalue weighted by Gasteiger charge is 2.51. The molecule has 9 nitrogen and oxygen atoms in total. The van der Waals surface area contributed by atoms with Crippen molar-refractivity contribution in [2.45, 2.75) is 43.7 Å². The zero-order chi connectivity index (χ0) is 23.3. The number of nitrogens with one attached hydrogen (secondary N) is 2. The van der Waals surface area contributed by atoms with E-state index in [0.29, 0.717) is 24.7 Å². The molecule has 1 saturated carbocycles. The summed E-state index contributed by atoms with van der Waals surface area (Å²) in [5.74, 6) is 2.09. The number of carbonyl (C=O) groups excluding carboxylic acids is 1. The first kappa shape index (κ1) is 21.3. The third kappa shape index (κ3) is 3.58. The maximum absolute atomic E-state index is 12.8. The van der Waals surface area contributed by atoms with Gasteiger partial charge < -0.3 is 25.3 Å². The topological polar surface area (TPSA) is 89.5 Å². The summed E-state index contributed by atoms with van der Waals surface area (Å²) in [5, 5.41) is 6.43. The van der Waals surface area contributed by atoms with Gasteiger partial charge in [0.1, 0.15) is 17.7 Å². The number of nitrogens with zero attached hydrogens (tertiary/aromatic N) is 6. The van der Waals surface area contributed by atoms with Gasteiger partial charge >= 0.3 is 0 Å². The molecule has 6 rings (SSSR count). The molecule has 2 saturated heterocycles. The summed E-state index contributed by atoms with van der Waals surface area (Å²) in [6, 6.07) is 3.82. The minimum absolute atomic E-state index is 0.0674. The van der Waals surface area contributed by atoms with Crippen molar-refractivity contribution in [2.75, 3.05) is 54.9 Å². The van der Waals surface area contributed by atoms with Gasteiger partial charge in [-0.25, -0.2) is 9.97 Å². The van der Waals surface area contributed by atoms with Gasteiger partial charge in [0.25, 0.3) is 0 Å². The van der Waals surface area contributed by atoms with Crippen molar-refractivity contribution < 1.29 is 4.79 Å². The van der Waals surface area contributed by atoms with Gasteiger partial charge in [0, 0.05) is 50.9 Å². The quantitative estimate of drug-likeness (QED) is 0.722. The fourth-order valence-electron chi connectivity index (χ4n) is 5.95. The van der Waals surface area contributed by atoms with Crippen LogP contribution in [0.4, 0.5) is 23.3 Å². The fraction of sp³-hybridized carbons (Fsp3) is 0.520. The number of hydrogen-bond donors (Lipinski definition) is 2. The summed E-state index contributed by atoms with van der Waals surface area (Å²) in [7, 11) is 2.16. The Kier molecular flexibility index (Phi) is 5.17. The summed E-state index contributed by atoms with van der Waals surface area (Å²) < 4.78 is 0. The van der Waals surface area contributed by atoms with Crippen molar-refractivity contribution in [1.29, 1.82) is 0 Å². The van der Waals surface area contributed by atoms with Crippen LogP contribution in [0.5, 0.6) is 0 Å². The number of hydrogen-bond acceptors (Lipinski definition) is 8. The number of piperazine rings is 2. The Morgan fingerprint density at radius 1 is 1.12 bits per heavy atom. The second-order valence-electron chi connectivity index (χ2n) is 10.1. The molecule has 3 fully saturated rings. The zero-order valence-corrected chi connectivity index (χ0v) is 19.8. The largest absolute Gasteiger partial charge is 0.368 e. The third-order valence-corrected chi connectivity index (χ3v) is 7.92. The molecule has 2 N–H and O–H groups in total. The first-order valence-corrected chi connectivity index (χ1v) is 12.3. The lowest BCUT2D eigenvalue weighted by Crippen LogP contribution is -2.68. The Hall–Kier alpha value is -3.20. The molecule has 1 amide bonds. The van der Waals surface area contributed by atoms with E-state index in [4.69, 9.17) is 4.98 Å². The highest BCUT2D eigenvalue weighted by Crippen LogP contribution is 2.47. The average Bonchev–Trinajstić information content (AvgIpc) is 3.32. The van der Waals surface area contributed by atoms with Crippen LogP contribution in [0, 0.1) is 0 Å². The first-order chi connectivity index (χ1) is 16.5. The van der Waals surface area contributed by atoms with Crippen LogP contribution in [0.15, 0.2) is 31.1 Å². The molecule has 3 aliphatic heterocycles. The zero-order valence-electron chi connectivity index (χ0n) is 19.8. The van der Waals surface area contributed by atoms with Crippen LogP contribution in [0.3, 0.4) is 0 Å². The van der Waals surface area contributed by atoms with Gasteiger partial charge in [0.15, 0.2) is 0 Å².